The summed E-state index contributed by atoms with van der Waals surface area (Å²) in [6.45, 7) is 3.01. The minimum absolute atomic E-state index is 0.104. The number of fused-ring (bicyclic) bond motifs is 2. The van der Waals surface area contributed by atoms with Crippen LogP contribution in [0.1, 0.15) is 19.3 Å². The van der Waals surface area contributed by atoms with Gasteiger partial charge in [0.15, 0.2) is 0 Å². The molecule has 4 rings (SSSR count). The maximum atomic E-state index is 13.4. The van der Waals surface area contributed by atoms with E-state index in [-0.39, 0.29) is 26.9 Å². The maximum Gasteiger partial charge on any atom is 0.323 e. The molecule has 3 fully saturated rings. The summed E-state index contributed by atoms with van der Waals surface area (Å²) in [5.41, 5.74) is 1.54. The Labute approximate surface area is 220 Å². The molecule has 1 spiro atoms. The quantitative estimate of drug-likeness (QED) is 0.184. The smallest absolute Gasteiger partial charge is 0.323 e. The Kier molecular flexibility index (Phi) is 9.03. The monoisotopic (exact) mass is 567 g/mol. The number of aliphatic hydroxyl groups excluding tert-OH is 1. The van der Waals surface area contributed by atoms with Crippen molar-refractivity contribution in [2.75, 3.05) is 51.8 Å². The molecule has 4 aliphatic rings. The van der Waals surface area contributed by atoms with Crippen LogP contribution in [-0.4, -0.2) is 103 Å². The molecule has 4 N–H and O–H groups in total. The van der Waals surface area contributed by atoms with Crippen LogP contribution in [0.25, 0.3) is 0 Å². The number of methoxy groups -OCH3 is 1. The zero-order valence-corrected chi connectivity index (χ0v) is 23.1. The third-order valence-corrected chi connectivity index (χ3v) is 10.5. The summed E-state index contributed by atoms with van der Waals surface area (Å²) in [6, 6.07) is -0.147. The zero-order valence-electron chi connectivity index (χ0n) is 19.9. The molecular formula is C21H34ClN5O5S3. The number of urea groups is 1. The van der Waals surface area contributed by atoms with Crippen LogP contribution in [0.5, 0.6) is 0 Å². The zero-order chi connectivity index (χ0) is 25.2. The van der Waals surface area contributed by atoms with E-state index in [2.05, 4.69) is 27.5 Å². The third kappa shape index (κ3) is 6.68. The number of aliphatic hydroxyl groups is 1. The van der Waals surface area contributed by atoms with Crippen molar-refractivity contribution in [3.05, 3.63) is 23.4 Å². The molecule has 3 aliphatic heterocycles. The molecule has 0 bridgehead atoms. The van der Waals surface area contributed by atoms with Gasteiger partial charge in [0.05, 0.1) is 16.2 Å². The van der Waals surface area contributed by atoms with E-state index < -0.39 is 16.4 Å². The van der Waals surface area contributed by atoms with Crippen LogP contribution < -0.4 is 15.4 Å². The van der Waals surface area contributed by atoms with Gasteiger partial charge in [-0.05, 0) is 30.6 Å². The molecule has 5 atom stereocenters. The fourth-order valence-corrected chi connectivity index (χ4v) is 8.30. The second-order valence-electron chi connectivity index (χ2n) is 9.26. The van der Waals surface area contributed by atoms with Crippen molar-refractivity contribution in [1.29, 1.82) is 0 Å². The topological polar surface area (TPSA) is 123 Å². The van der Waals surface area contributed by atoms with E-state index in [9.17, 15) is 18.3 Å². The van der Waals surface area contributed by atoms with Crippen LogP contribution >= 0.6 is 35.1 Å². The first kappa shape index (κ1) is 27.5. The molecule has 10 nitrogen and oxygen atoms in total. The van der Waals surface area contributed by atoms with Gasteiger partial charge in [-0.2, -0.15) is 0 Å². The Morgan fingerprint density at radius 2 is 2.29 bits per heavy atom. The molecule has 35 heavy (non-hydrogen) atoms. The van der Waals surface area contributed by atoms with E-state index in [0.717, 1.165) is 42.7 Å². The van der Waals surface area contributed by atoms with Gasteiger partial charge in [-0.3, -0.25) is 15.1 Å². The van der Waals surface area contributed by atoms with Gasteiger partial charge in [0.1, 0.15) is 5.50 Å². The maximum absolute atomic E-state index is 13.4. The first-order chi connectivity index (χ1) is 16.6. The molecule has 14 heteroatoms. The Balaban J connectivity index is 1.31. The SMILES string of the molecule is COC(O)N1CCC2(CN(C(=O)NC3NCC(SCCCNS(C)(=O)=O)S3)C3=CCC(Cl)C=C32)C1. The van der Waals surface area contributed by atoms with E-state index in [4.69, 9.17) is 16.3 Å². The van der Waals surface area contributed by atoms with Crippen LogP contribution in [0, 0.1) is 5.41 Å². The van der Waals surface area contributed by atoms with Crippen molar-refractivity contribution >= 4 is 51.2 Å². The number of carbonyl (C=O) groups excluding carboxylic acids is 1. The van der Waals surface area contributed by atoms with Crippen LogP contribution in [0.2, 0.25) is 0 Å². The molecule has 1 aliphatic carbocycles. The second-order valence-corrected chi connectivity index (χ2v) is 14.6. The molecule has 0 radical (unpaired) electrons. The average Bonchev–Trinajstić information content (AvgIpc) is 3.51. The van der Waals surface area contributed by atoms with Gasteiger partial charge in [0, 0.05) is 50.9 Å². The predicted molar refractivity (Wildman–Crippen MR) is 140 cm³/mol. The van der Waals surface area contributed by atoms with Gasteiger partial charge < -0.3 is 15.2 Å². The van der Waals surface area contributed by atoms with Crippen LogP contribution in [0.15, 0.2) is 23.4 Å². The largest absolute Gasteiger partial charge is 0.356 e. The number of rotatable bonds is 9. The highest BCUT2D eigenvalue weighted by atomic mass is 35.5. The predicted octanol–water partition coefficient (Wildman–Crippen LogP) is 1.07. The van der Waals surface area contributed by atoms with Gasteiger partial charge >= 0.3 is 6.03 Å². The number of alkyl halides is 1. The Hall–Kier alpha value is -0.510. The molecule has 5 unspecified atom stereocenters. The highest BCUT2D eigenvalue weighted by Crippen LogP contribution is 2.51. The fraction of sp³-hybridized carbons (Fsp3) is 0.762. The van der Waals surface area contributed by atoms with Gasteiger partial charge in [-0.25, -0.2) is 17.9 Å². The highest BCUT2D eigenvalue weighted by molar-refractivity contribution is 8.17. The summed E-state index contributed by atoms with van der Waals surface area (Å²) in [6.07, 6.45) is 6.56. The van der Waals surface area contributed by atoms with Crippen LogP contribution in [0.3, 0.4) is 0 Å². The van der Waals surface area contributed by atoms with Crippen molar-refractivity contribution in [1.82, 2.24) is 25.2 Å². The lowest BCUT2D eigenvalue weighted by atomic mass is 9.79. The van der Waals surface area contributed by atoms with E-state index in [0.29, 0.717) is 32.6 Å². The number of allylic oxidation sites excluding steroid dienone is 3. The standard InChI is InChI=1S/C21H34ClN5O5S3/c1-32-20(29)26-8-6-21(12-26)13-27(16-5-4-14(22)10-15(16)21)19(28)25-18-23-11-17(34-18)33-9-3-7-24-35(2,30)31/h5,10,14,17-18,20,23-24,29H,3-4,6-9,11-13H2,1-2H3,(H,25,28). The minimum Gasteiger partial charge on any atom is -0.356 e. The summed E-state index contributed by atoms with van der Waals surface area (Å²) >= 11 is 9.88. The second kappa shape index (κ2) is 11.5. The Morgan fingerprint density at radius 3 is 3.03 bits per heavy atom. The van der Waals surface area contributed by atoms with Gasteiger partial charge in [0.2, 0.25) is 16.4 Å². The summed E-state index contributed by atoms with van der Waals surface area (Å²) < 4.78 is 30.2. The van der Waals surface area contributed by atoms with Crippen molar-refractivity contribution in [3.63, 3.8) is 0 Å². The van der Waals surface area contributed by atoms with Gasteiger partial charge in [-0.15, -0.1) is 35.1 Å². The number of hydrogen-bond donors (Lipinski definition) is 4. The number of halogens is 1. The number of hydrogen-bond acceptors (Lipinski definition) is 9. The normalized spacial score (nSPS) is 32.0. The molecule has 198 valence electrons. The van der Waals surface area contributed by atoms with Gasteiger partial charge in [-0.1, -0.05) is 12.2 Å². The number of nitrogens with one attached hydrogen (secondary N) is 3. The van der Waals surface area contributed by atoms with E-state index in [1.165, 1.54) is 7.11 Å². The molecule has 0 aromatic rings. The Bertz CT molecular complexity index is 967. The summed E-state index contributed by atoms with van der Waals surface area (Å²) in [7, 11) is -1.67. The number of nitrogens with zero attached hydrogens (tertiary/aromatic N) is 2. The highest BCUT2D eigenvalue weighted by Gasteiger charge is 2.52. The lowest BCUT2D eigenvalue weighted by Gasteiger charge is -2.28. The number of carbonyl (C=O) groups is 1. The Morgan fingerprint density at radius 1 is 1.49 bits per heavy atom. The number of amides is 2. The lowest BCUT2D eigenvalue weighted by molar-refractivity contribution is -0.170. The molecule has 0 aromatic heterocycles. The molecule has 3 heterocycles. The van der Waals surface area contributed by atoms with Gasteiger partial charge in [0.25, 0.3) is 0 Å². The fourth-order valence-electron chi connectivity index (χ4n) is 4.99. The van der Waals surface area contributed by atoms with E-state index in [1.54, 1.807) is 23.5 Å². The summed E-state index contributed by atoms with van der Waals surface area (Å²) in [5.74, 6) is 0.835. The number of likely N-dealkylation sites (tertiary alicyclic amines) is 2. The number of ether oxygens (including phenoxy) is 1. The van der Waals surface area contributed by atoms with Crippen LogP contribution in [-0.2, 0) is 14.8 Å². The molecule has 0 saturated carbocycles. The van der Waals surface area contributed by atoms with Crippen molar-refractivity contribution < 1.29 is 23.1 Å². The van der Waals surface area contributed by atoms with Crippen LogP contribution in [0.4, 0.5) is 4.79 Å². The molecule has 0 aromatic carbocycles. The average molecular weight is 568 g/mol. The number of sulfonamides is 1. The first-order valence-corrected chi connectivity index (χ1v) is 16.0. The summed E-state index contributed by atoms with van der Waals surface area (Å²) in [5, 5.41) is 16.5. The molecule has 2 amide bonds. The first-order valence-electron chi connectivity index (χ1n) is 11.7. The third-order valence-electron chi connectivity index (χ3n) is 6.64. The van der Waals surface area contributed by atoms with E-state index >= 15 is 0 Å². The molecular weight excluding hydrogens is 534 g/mol. The molecule has 3 saturated heterocycles. The van der Waals surface area contributed by atoms with E-state index in [1.807, 2.05) is 9.80 Å². The van der Waals surface area contributed by atoms with Crippen molar-refractivity contribution in [2.24, 2.45) is 5.41 Å². The van der Waals surface area contributed by atoms with Crippen molar-refractivity contribution in [2.45, 2.75) is 41.1 Å². The van der Waals surface area contributed by atoms with Crippen molar-refractivity contribution in [3.8, 4) is 0 Å². The summed E-state index contributed by atoms with van der Waals surface area (Å²) in [4.78, 5) is 17.1. The lowest BCUT2D eigenvalue weighted by Crippen LogP contribution is -2.47. The minimum atomic E-state index is -3.15. The number of thioether (sulfide) groups is 2.